The number of nitrogens with zero attached hydrogens (tertiary/aromatic N) is 2. The van der Waals surface area contributed by atoms with Crippen LogP contribution in [0.25, 0.3) is 0 Å². The number of hydrogen-bond donors (Lipinski definition) is 1. The van der Waals surface area contributed by atoms with Crippen molar-refractivity contribution >= 4 is 27.8 Å². The molecule has 1 fully saturated rings. The molecule has 1 aromatic heterocycles. The van der Waals surface area contributed by atoms with Gasteiger partial charge in [0.2, 0.25) is 0 Å². The van der Waals surface area contributed by atoms with Crippen molar-refractivity contribution < 1.29 is 9.53 Å². The minimum atomic E-state index is -0.446. The summed E-state index contributed by atoms with van der Waals surface area (Å²) in [6, 6.07) is 2.11. The van der Waals surface area contributed by atoms with Gasteiger partial charge in [-0.25, -0.2) is 9.78 Å². The van der Waals surface area contributed by atoms with E-state index in [0.717, 1.165) is 36.2 Å². The molecule has 6 heteroatoms. The van der Waals surface area contributed by atoms with Crippen LogP contribution in [-0.4, -0.2) is 36.3 Å². The highest BCUT2D eigenvalue weighted by Crippen LogP contribution is 2.24. The predicted molar refractivity (Wildman–Crippen MR) is 95.8 cm³/mol. The first kappa shape index (κ1) is 18.0. The molecule has 1 saturated heterocycles. The van der Waals surface area contributed by atoms with E-state index in [9.17, 15) is 4.79 Å². The highest BCUT2D eigenvalue weighted by atomic mass is 79.9. The second kappa shape index (κ2) is 7.51. The van der Waals surface area contributed by atoms with Crippen LogP contribution in [0.3, 0.4) is 0 Å². The van der Waals surface area contributed by atoms with Crippen LogP contribution in [0.2, 0.25) is 0 Å². The largest absolute Gasteiger partial charge is 0.444 e. The number of ether oxygens (including phenoxy) is 1. The number of anilines is 1. The molecule has 0 aromatic carbocycles. The number of alkyl carbamates (subject to hydrolysis) is 1. The first-order valence-corrected chi connectivity index (χ1v) is 8.88. The van der Waals surface area contributed by atoms with Gasteiger partial charge >= 0.3 is 6.09 Å². The number of carbonyl (C=O) groups is 1. The maximum Gasteiger partial charge on any atom is 0.407 e. The SMILES string of the molecule is Cc1cc(N2CCC(CNC(=O)OC(C)(C)C)CC2)ncc1Br. The van der Waals surface area contributed by atoms with Gasteiger partial charge in [-0.1, -0.05) is 0 Å². The molecule has 1 amide bonds. The third-order valence-corrected chi connectivity index (χ3v) is 4.74. The number of piperidine rings is 1. The summed E-state index contributed by atoms with van der Waals surface area (Å²) in [5.41, 5.74) is 0.752. The molecular formula is C17H26BrN3O2. The molecule has 0 saturated carbocycles. The Morgan fingerprint density at radius 1 is 1.43 bits per heavy atom. The Labute approximate surface area is 146 Å². The summed E-state index contributed by atoms with van der Waals surface area (Å²) in [5.74, 6) is 1.53. The lowest BCUT2D eigenvalue weighted by Gasteiger charge is -2.33. The van der Waals surface area contributed by atoms with Crippen LogP contribution < -0.4 is 10.2 Å². The van der Waals surface area contributed by atoms with E-state index in [1.807, 2.05) is 27.0 Å². The van der Waals surface area contributed by atoms with Crippen molar-refractivity contribution in [2.45, 2.75) is 46.1 Å². The number of aryl methyl sites for hydroxylation is 1. The Kier molecular flexibility index (Phi) is 5.89. The number of aromatic nitrogens is 1. The summed E-state index contributed by atoms with van der Waals surface area (Å²) in [6.07, 6.45) is 3.63. The van der Waals surface area contributed by atoms with Crippen LogP contribution >= 0.6 is 15.9 Å². The summed E-state index contributed by atoms with van der Waals surface area (Å²) in [4.78, 5) is 18.5. The van der Waals surface area contributed by atoms with Crippen LogP contribution in [0.4, 0.5) is 10.6 Å². The minimum Gasteiger partial charge on any atom is -0.444 e. The molecular weight excluding hydrogens is 358 g/mol. The van der Waals surface area contributed by atoms with E-state index >= 15 is 0 Å². The molecule has 0 atom stereocenters. The van der Waals surface area contributed by atoms with Gasteiger partial charge in [0.25, 0.3) is 0 Å². The number of hydrogen-bond acceptors (Lipinski definition) is 4. The Hall–Kier alpha value is -1.30. The fraction of sp³-hybridized carbons (Fsp3) is 0.647. The topological polar surface area (TPSA) is 54.5 Å². The van der Waals surface area contributed by atoms with Crippen LogP contribution in [0.1, 0.15) is 39.2 Å². The summed E-state index contributed by atoms with van der Waals surface area (Å²) in [7, 11) is 0. The van der Waals surface area contributed by atoms with E-state index in [1.165, 1.54) is 5.56 Å². The lowest BCUT2D eigenvalue weighted by Crippen LogP contribution is -2.40. The summed E-state index contributed by atoms with van der Waals surface area (Å²) >= 11 is 3.48. The smallest absolute Gasteiger partial charge is 0.407 e. The van der Waals surface area contributed by atoms with Gasteiger partial charge in [0.1, 0.15) is 11.4 Å². The Morgan fingerprint density at radius 3 is 2.65 bits per heavy atom. The van der Waals surface area contributed by atoms with E-state index in [1.54, 1.807) is 0 Å². The summed E-state index contributed by atoms with van der Waals surface area (Å²) in [5, 5.41) is 2.88. The molecule has 128 valence electrons. The molecule has 5 nitrogen and oxygen atoms in total. The van der Waals surface area contributed by atoms with E-state index in [4.69, 9.17) is 4.74 Å². The monoisotopic (exact) mass is 383 g/mol. The molecule has 2 heterocycles. The third-order valence-electron chi connectivity index (χ3n) is 3.90. The van der Waals surface area contributed by atoms with Gasteiger partial charge in [0, 0.05) is 30.3 Å². The fourth-order valence-corrected chi connectivity index (χ4v) is 2.82. The highest BCUT2D eigenvalue weighted by Gasteiger charge is 2.22. The molecule has 0 radical (unpaired) electrons. The van der Waals surface area contributed by atoms with Crippen molar-refractivity contribution in [2.24, 2.45) is 5.92 Å². The Bertz CT molecular complexity index is 549. The second-order valence-electron chi connectivity index (χ2n) is 7.10. The van der Waals surface area contributed by atoms with Gasteiger partial charge in [0.15, 0.2) is 0 Å². The van der Waals surface area contributed by atoms with Crippen LogP contribution in [0.5, 0.6) is 0 Å². The molecule has 0 aliphatic carbocycles. The van der Waals surface area contributed by atoms with Gasteiger partial charge in [-0.15, -0.1) is 0 Å². The molecule has 0 spiro atoms. The summed E-state index contributed by atoms with van der Waals surface area (Å²) < 4.78 is 6.31. The van der Waals surface area contributed by atoms with Crippen molar-refractivity contribution in [3.05, 3.63) is 22.3 Å². The van der Waals surface area contributed by atoms with E-state index in [-0.39, 0.29) is 6.09 Å². The zero-order valence-corrected chi connectivity index (χ0v) is 15.9. The van der Waals surface area contributed by atoms with Crippen molar-refractivity contribution in [1.29, 1.82) is 0 Å². The number of pyridine rings is 1. The van der Waals surface area contributed by atoms with Gasteiger partial charge in [-0.05, 0) is 74.0 Å². The molecule has 0 bridgehead atoms. The predicted octanol–water partition coefficient (Wildman–Crippen LogP) is 3.89. The zero-order chi connectivity index (χ0) is 17.0. The van der Waals surface area contributed by atoms with Gasteiger partial charge in [0.05, 0.1) is 0 Å². The molecule has 1 aliphatic heterocycles. The first-order chi connectivity index (χ1) is 10.7. The summed E-state index contributed by atoms with van der Waals surface area (Å²) in [6.45, 7) is 10.3. The zero-order valence-electron chi connectivity index (χ0n) is 14.4. The molecule has 1 aromatic rings. The van der Waals surface area contributed by atoms with Crippen molar-refractivity contribution in [1.82, 2.24) is 10.3 Å². The maximum atomic E-state index is 11.7. The van der Waals surface area contributed by atoms with E-state index in [2.05, 4.69) is 44.1 Å². The van der Waals surface area contributed by atoms with Crippen LogP contribution in [-0.2, 0) is 4.74 Å². The Morgan fingerprint density at radius 2 is 2.09 bits per heavy atom. The number of rotatable bonds is 3. The number of carbonyl (C=O) groups excluding carboxylic acids is 1. The van der Waals surface area contributed by atoms with E-state index < -0.39 is 5.60 Å². The number of amides is 1. The van der Waals surface area contributed by atoms with Crippen LogP contribution in [0, 0.1) is 12.8 Å². The molecule has 1 N–H and O–H groups in total. The molecule has 2 rings (SSSR count). The van der Waals surface area contributed by atoms with E-state index in [0.29, 0.717) is 12.5 Å². The normalized spacial score (nSPS) is 16.3. The first-order valence-electron chi connectivity index (χ1n) is 8.08. The fourth-order valence-electron chi connectivity index (χ4n) is 2.61. The maximum absolute atomic E-state index is 11.7. The second-order valence-corrected chi connectivity index (χ2v) is 7.96. The van der Waals surface area contributed by atoms with Gasteiger partial charge in [-0.2, -0.15) is 0 Å². The van der Waals surface area contributed by atoms with Gasteiger partial charge < -0.3 is 15.0 Å². The highest BCUT2D eigenvalue weighted by molar-refractivity contribution is 9.10. The van der Waals surface area contributed by atoms with Crippen molar-refractivity contribution in [3.8, 4) is 0 Å². The lowest BCUT2D eigenvalue weighted by atomic mass is 9.97. The molecule has 1 aliphatic rings. The van der Waals surface area contributed by atoms with Gasteiger partial charge in [-0.3, -0.25) is 0 Å². The number of nitrogens with one attached hydrogen (secondary N) is 1. The van der Waals surface area contributed by atoms with Crippen molar-refractivity contribution in [3.63, 3.8) is 0 Å². The average Bonchev–Trinajstić information content (AvgIpc) is 2.47. The quantitative estimate of drug-likeness (QED) is 0.859. The molecule has 23 heavy (non-hydrogen) atoms. The van der Waals surface area contributed by atoms with Crippen molar-refractivity contribution in [2.75, 3.05) is 24.5 Å². The number of halogens is 1. The third kappa shape index (κ3) is 5.68. The minimum absolute atomic E-state index is 0.329. The average molecular weight is 384 g/mol. The standard InChI is InChI=1S/C17H26BrN3O2/c1-12-9-15(19-11-14(12)18)21-7-5-13(6-8-21)10-20-16(22)23-17(2,3)4/h9,11,13H,5-8,10H2,1-4H3,(H,20,22). The molecule has 0 unspecified atom stereocenters. The lowest BCUT2D eigenvalue weighted by molar-refractivity contribution is 0.0517. The Balaban J connectivity index is 1.77. The van der Waals surface area contributed by atoms with Crippen LogP contribution in [0.15, 0.2) is 16.7 Å².